The van der Waals surface area contributed by atoms with Crippen LogP contribution in [-0.4, -0.2) is 48.7 Å². The molecule has 0 aromatic heterocycles. The molecular weight excluding hydrogens is 373 g/mol. The SMILES string of the molecule is CC(c1ccccc1F)N1CCN(S(=O)(=O)c2cccc([N+](=O)[O-])c2)CC1. The smallest absolute Gasteiger partial charge is 0.270 e. The molecule has 1 fully saturated rings. The Bertz CT molecular complexity index is 943. The van der Waals surface area contributed by atoms with Crippen molar-refractivity contribution in [2.45, 2.75) is 17.9 Å². The van der Waals surface area contributed by atoms with Crippen molar-refractivity contribution in [3.8, 4) is 0 Å². The molecule has 1 aliphatic heterocycles. The van der Waals surface area contributed by atoms with E-state index in [0.29, 0.717) is 18.7 Å². The summed E-state index contributed by atoms with van der Waals surface area (Å²) in [5.41, 5.74) is 0.315. The van der Waals surface area contributed by atoms with Crippen LogP contribution < -0.4 is 0 Å². The highest BCUT2D eigenvalue weighted by Gasteiger charge is 2.31. The van der Waals surface area contributed by atoms with Gasteiger partial charge in [-0.15, -0.1) is 0 Å². The maximum absolute atomic E-state index is 14.0. The number of rotatable bonds is 5. The zero-order valence-electron chi connectivity index (χ0n) is 14.8. The molecule has 144 valence electrons. The van der Waals surface area contributed by atoms with Crippen LogP contribution in [0.5, 0.6) is 0 Å². The van der Waals surface area contributed by atoms with Gasteiger partial charge < -0.3 is 0 Å². The zero-order chi connectivity index (χ0) is 19.6. The molecule has 9 heteroatoms. The van der Waals surface area contributed by atoms with Crippen LogP contribution in [0.2, 0.25) is 0 Å². The van der Waals surface area contributed by atoms with E-state index < -0.39 is 14.9 Å². The fourth-order valence-electron chi connectivity index (χ4n) is 3.25. The predicted molar refractivity (Wildman–Crippen MR) is 98.2 cm³/mol. The van der Waals surface area contributed by atoms with E-state index in [4.69, 9.17) is 0 Å². The van der Waals surface area contributed by atoms with E-state index in [1.54, 1.807) is 18.2 Å². The second kappa shape index (κ2) is 7.71. The van der Waals surface area contributed by atoms with Crippen molar-refractivity contribution < 1.29 is 17.7 Å². The Morgan fingerprint density at radius 1 is 1.07 bits per heavy atom. The van der Waals surface area contributed by atoms with Gasteiger partial charge in [0.25, 0.3) is 5.69 Å². The number of piperazine rings is 1. The third kappa shape index (κ3) is 4.00. The lowest BCUT2D eigenvalue weighted by atomic mass is 10.1. The van der Waals surface area contributed by atoms with Gasteiger partial charge in [0.05, 0.1) is 9.82 Å². The fourth-order valence-corrected chi connectivity index (χ4v) is 4.71. The second-order valence-corrected chi connectivity index (χ2v) is 8.33. The minimum atomic E-state index is -3.81. The number of nitro groups is 1. The van der Waals surface area contributed by atoms with E-state index in [-0.39, 0.29) is 35.5 Å². The molecule has 1 heterocycles. The minimum Gasteiger partial charge on any atom is -0.294 e. The molecule has 2 aromatic rings. The first-order valence-corrected chi connectivity index (χ1v) is 9.98. The van der Waals surface area contributed by atoms with Crippen LogP contribution in [0.4, 0.5) is 10.1 Å². The number of nitro benzene ring substituents is 1. The molecule has 0 bridgehead atoms. The van der Waals surface area contributed by atoms with Crippen LogP contribution in [0.1, 0.15) is 18.5 Å². The third-order valence-corrected chi connectivity index (χ3v) is 6.74. The third-order valence-electron chi connectivity index (χ3n) is 4.84. The van der Waals surface area contributed by atoms with Gasteiger partial charge in [-0.2, -0.15) is 4.31 Å². The molecule has 2 aromatic carbocycles. The number of nitrogens with zero attached hydrogens (tertiary/aromatic N) is 3. The quantitative estimate of drug-likeness (QED) is 0.576. The zero-order valence-corrected chi connectivity index (χ0v) is 15.6. The van der Waals surface area contributed by atoms with Gasteiger partial charge in [-0.05, 0) is 19.1 Å². The molecule has 1 atom stereocenters. The van der Waals surface area contributed by atoms with E-state index in [1.807, 2.05) is 11.8 Å². The first kappa shape index (κ1) is 19.4. The first-order valence-electron chi connectivity index (χ1n) is 8.54. The highest BCUT2D eigenvalue weighted by molar-refractivity contribution is 7.89. The summed E-state index contributed by atoms with van der Waals surface area (Å²) in [7, 11) is -3.81. The van der Waals surface area contributed by atoms with Crippen LogP contribution in [0.25, 0.3) is 0 Å². The Balaban J connectivity index is 1.72. The average Bonchev–Trinajstić information content (AvgIpc) is 2.68. The second-order valence-electron chi connectivity index (χ2n) is 6.39. The number of hydrogen-bond donors (Lipinski definition) is 0. The van der Waals surface area contributed by atoms with Crippen LogP contribution in [0, 0.1) is 15.9 Å². The number of non-ortho nitro benzene ring substituents is 1. The topological polar surface area (TPSA) is 83.8 Å². The summed E-state index contributed by atoms with van der Waals surface area (Å²) in [6.45, 7) is 3.27. The minimum absolute atomic E-state index is 0.0905. The standard InChI is InChI=1S/C18H20FN3O4S/c1-14(17-7-2-3-8-18(17)19)20-9-11-21(12-10-20)27(25,26)16-6-4-5-15(13-16)22(23)24/h2-8,13-14H,9-12H2,1H3. The van der Waals surface area contributed by atoms with Crippen molar-refractivity contribution in [2.75, 3.05) is 26.2 Å². The van der Waals surface area contributed by atoms with E-state index in [1.165, 1.54) is 28.6 Å². The Kier molecular flexibility index (Phi) is 5.54. The van der Waals surface area contributed by atoms with Gasteiger partial charge in [-0.1, -0.05) is 24.3 Å². The fraction of sp³-hybridized carbons (Fsp3) is 0.333. The number of hydrogen-bond acceptors (Lipinski definition) is 5. The first-order chi connectivity index (χ1) is 12.8. The van der Waals surface area contributed by atoms with Gasteiger partial charge in [0.2, 0.25) is 10.0 Å². The highest BCUT2D eigenvalue weighted by Crippen LogP contribution is 2.26. The highest BCUT2D eigenvalue weighted by atomic mass is 32.2. The van der Waals surface area contributed by atoms with Gasteiger partial charge in [0, 0.05) is 49.9 Å². The predicted octanol–water partition coefficient (Wildman–Crippen LogP) is 2.80. The number of benzene rings is 2. The summed E-state index contributed by atoms with van der Waals surface area (Å²) in [5, 5.41) is 10.9. The van der Waals surface area contributed by atoms with Crippen LogP contribution >= 0.6 is 0 Å². The van der Waals surface area contributed by atoms with Crippen LogP contribution in [0.15, 0.2) is 53.4 Å². The van der Waals surface area contributed by atoms with E-state index in [0.717, 1.165) is 6.07 Å². The number of halogens is 1. The molecule has 0 N–H and O–H groups in total. The molecule has 3 rings (SSSR count). The Labute approximate surface area is 157 Å². The summed E-state index contributed by atoms with van der Waals surface area (Å²) in [4.78, 5) is 12.2. The summed E-state index contributed by atoms with van der Waals surface area (Å²) >= 11 is 0. The summed E-state index contributed by atoms with van der Waals surface area (Å²) in [5.74, 6) is -0.281. The van der Waals surface area contributed by atoms with Gasteiger partial charge in [-0.3, -0.25) is 15.0 Å². The van der Waals surface area contributed by atoms with Crippen molar-refractivity contribution in [3.63, 3.8) is 0 Å². The van der Waals surface area contributed by atoms with Gasteiger partial charge in [0.15, 0.2) is 0 Å². The Hall–Kier alpha value is -2.36. The molecule has 7 nitrogen and oxygen atoms in total. The summed E-state index contributed by atoms with van der Waals surface area (Å²) in [6, 6.07) is 11.4. The molecule has 1 unspecified atom stereocenters. The summed E-state index contributed by atoms with van der Waals surface area (Å²) in [6.07, 6.45) is 0. The molecule has 0 spiro atoms. The van der Waals surface area contributed by atoms with Gasteiger partial charge in [-0.25, -0.2) is 12.8 Å². The Morgan fingerprint density at radius 3 is 2.37 bits per heavy atom. The average molecular weight is 393 g/mol. The molecular formula is C18H20FN3O4S. The molecule has 1 saturated heterocycles. The van der Waals surface area contributed by atoms with Crippen molar-refractivity contribution in [3.05, 3.63) is 70.0 Å². The van der Waals surface area contributed by atoms with E-state index in [9.17, 15) is 22.9 Å². The van der Waals surface area contributed by atoms with Crippen molar-refractivity contribution in [1.29, 1.82) is 0 Å². The van der Waals surface area contributed by atoms with Crippen LogP contribution in [-0.2, 0) is 10.0 Å². The lowest BCUT2D eigenvalue weighted by Crippen LogP contribution is -2.49. The summed E-state index contributed by atoms with van der Waals surface area (Å²) < 4.78 is 40.9. The van der Waals surface area contributed by atoms with Crippen molar-refractivity contribution >= 4 is 15.7 Å². The number of sulfonamides is 1. The largest absolute Gasteiger partial charge is 0.294 e. The maximum atomic E-state index is 14.0. The van der Waals surface area contributed by atoms with E-state index >= 15 is 0 Å². The maximum Gasteiger partial charge on any atom is 0.270 e. The molecule has 27 heavy (non-hydrogen) atoms. The van der Waals surface area contributed by atoms with Crippen molar-refractivity contribution in [2.24, 2.45) is 0 Å². The van der Waals surface area contributed by atoms with E-state index in [2.05, 4.69) is 0 Å². The molecule has 1 aliphatic rings. The lowest BCUT2D eigenvalue weighted by Gasteiger charge is -2.37. The molecule has 0 amide bonds. The normalized spacial score (nSPS) is 17.6. The molecule has 0 radical (unpaired) electrons. The Morgan fingerprint density at radius 2 is 1.74 bits per heavy atom. The molecule has 0 aliphatic carbocycles. The van der Waals surface area contributed by atoms with Gasteiger partial charge >= 0.3 is 0 Å². The lowest BCUT2D eigenvalue weighted by molar-refractivity contribution is -0.385. The van der Waals surface area contributed by atoms with Crippen LogP contribution in [0.3, 0.4) is 0 Å². The monoisotopic (exact) mass is 393 g/mol. The van der Waals surface area contributed by atoms with Gasteiger partial charge in [0.1, 0.15) is 5.82 Å². The van der Waals surface area contributed by atoms with Crippen molar-refractivity contribution in [1.82, 2.24) is 9.21 Å². The molecule has 0 saturated carbocycles.